The molecule has 0 spiro atoms. The molecule has 2 aromatic carbocycles. The Hall–Kier alpha value is -1.56. The molecular formula is C22H30. The molecule has 22 heavy (non-hydrogen) atoms. The first-order valence-electron chi connectivity index (χ1n) is 9.00. The molecule has 0 heteroatoms. The van der Waals surface area contributed by atoms with Gasteiger partial charge in [-0.3, -0.25) is 0 Å². The zero-order chi connectivity index (χ0) is 15.6. The van der Waals surface area contributed by atoms with Gasteiger partial charge in [-0.1, -0.05) is 101 Å². The minimum Gasteiger partial charge on any atom is -0.0654 e. The minimum atomic E-state index is 0.742. The average Bonchev–Trinajstić information content (AvgIpc) is 2.59. The number of benzene rings is 2. The van der Waals surface area contributed by atoms with Crippen LogP contribution in [0.5, 0.6) is 0 Å². The van der Waals surface area contributed by atoms with Crippen molar-refractivity contribution in [2.45, 2.75) is 64.7 Å². The number of unbranched alkanes of at least 4 members (excludes halogenated alkanes) is 3. The SMILES string of the molecule is CCCCCCC(CCC)c1ccc(-c2ccccc2)cc1. The minimum absolute atomic E-state index is 0.742. The summed E-state index contributed by atoms with van der Waals surface area (Å²) in [5.41, 5.74) is 4.16. The summed E-state index contributed by atoms with van der Waals surface area (Å²) in [5, 5.41) is 0. The van der Waals surface area contributed by atoms with Crippen LogP contribution in [0.4, 0.5) is 0 Å². The second kappa shape index (κ2) is 9.46. The van der Waals surface area contributed by atoms with E-state index in [1.807, 2.05) is 0 Å². The van der Waals surface area contributed by atoms with Gasteiger partial charge in [-0.15, -0.1) is 0 Å². The predicted molar refractivity (Wildman–Crippen MR) is 98.3 cm³/mol. The highest BCUT2D eigenvalue weighted by molar-refractivity contribution is 5.63. The van der Waals surface area contributed by atoms with Crippen molar-refractivity contribution >= 4 is 0 Å². The topological polar surface area (TPSA) is 0 Å². The van der Waals surface area contributed by atoms with Crippen molar-refractivity contribution in [3.8, 4) is 11.1 Å². The second-order valence-electron chi connectivity index (χ2n) is 6.32. The lowest BCUT2D eigenvalue weighted by Crippen LogP contribution is -1.99. The van der Waals surface area contributed by atoms with Crippen LogP contribution in [-0.4, -0.2) is 0 Å². The lowest BCUT2D eigenvalue weighted by atomic mass is 9.88. The van der Waals surface area contributed by atoms with Crippen LogP contribution < -0.4 is 0 Å². The van der Waals surface area contributed by atoms with E-state index in [0.29, 0.717) is 0 Å². The van der Waals surface area contributed by atoms with E-state index in [1.54, 1.807) is 0 Å². The molecule has 1 atom stereocenters. The van der Waals surface area contributed by atoms with Crippen LogP contribution in [-0.2, 0) is 0 Å². The zero-order valence-corrected chi connectivity index (χ0v) is 14.2. The summed E-state index contributed by atoms with van der Waals surface area (Å²) in [6.07, 6.45) is 9.40. The van der Waals surface area contributed by atoms with Crippen LogP contribution in [0.2, 0.25) is 0 Å². The standard InChI is InChI=1S/C22H30/c1-3-5-6-8-12-19(11-4-2)21-15-17-22(18-16-21)20-13-9-7-10-14-20/h7,9-10,13-19H,3-6,8,11-12H2,1-2H3. The van der Waals surface area contributed by atoms with Crippen molar-refractivity contribution < 1.29 is 0 Å². The molecule has 2 aromatic rings. The smallest absolute Gasteiger partial charge is 0.0162 e. The first-order valence-corrected chi connectivity index (χ1v) is 9.00. The Morgan fingerprint density at radius 1 is 0.636 bits per heavy atom. The number of rotatable bonds is 9. The van der Waals surface area contributed by atoms with Crippen LogP contribution >= 0.6 is 0 Å². The van der Waals surface area contributed by atoms with Gasteiger partial charge in [-0.25, -0.2) is 0 Å². The van der Waals surface area contributed by atoms with Gasteiger partial charge in [0.2, 0.25) is 0 Å². The van der Waals surface area contributed by atoms with Crippen LogP contribution in [0.25, 0.3) is 11.1 Å². The largest absolute Gasteiger partial charge is 0.0654 e. The van der Waals surface area contributed by atoms with Crippen molar-refractivity contribution in [2.75, 3.05) is 0 Å². The molecular weight excluding hydrogens is 264 g/mol. The second-order valence-corrected chi connectivity index (χ2v) is 6.32. The van der Waals surface area contributed by atoms with Crippen LogP contribution in [0.15, 0.2) is 54.6 Å². The predicted octanol–water partition coefficient (Wildman–Crippen LogP) is 7.21. The lowest BCUT2D eigenvalue weighted by molar-refractivity contribution is 0.521. The fraction of sp³-hybridized carbons (Fsp3) is 0.455. The third-order valence-electron chi connectivity index (χ3n) is 4.53. The van der Waals surface area contributed by atoms with Gasteiger partial charge in [0, 0.05) is 0 Å². The molecule has 0 saturated carbocycles. The Morgan fingerprint density at radius 2 is 1.32 bits per heavy atom. The molecule has 0 radical (unpaired) electrons. The molecule has 1 unspecified atom stereocenters. The monoisotopic (exact) mass is 294 g/mol. The quantitative estimate of drug-likeness (QED) is 0.429. The summed E-state index contributed by atoms with van der Waals surface area (Å²) < 4.78 is 0. The molecule has 0 aromatic heterocycles. The molecule has 2 rings (SSSR count). The maximum atomic E-state index is 2.35. The van der Waals surface area contributed by atoms with Gasteiger partial charge in [0.1, 0.15) is 0 Å². The number of hydrogen-bond donors (Lipinski definition) is 0. The molecule has 118 valence electrons. The highest BCUT2D eigenvalue weighted by Crippen LogP contribution is 2.29. The first kappa shape index (κ1) is 16.8. The summed E-state index contributed by atoms with van der Waals surface area (Å²) in [7, 11) is 0. The molecule has 0 aliphatic heterocycles. The van der Waals surface area contributed by atoms with Gasteiger partial charge in [0.15, 0.2) is 0 Å². The van der Waals surface area contributed by atoms with Gasteiger partial charge in [-0.2, -0.15) is 0 Å². The molecule has 0 bridgehead atoms. The third kappa shape index (κ3) is 5.02. The Kier molecular flexibility index (Phi) is 7.22. The van der Waals surface area contributed by atoms with Gasteiger partial charge in [0.05, 0.1) is 0 Å². The van der Waals surface area contributed by atoms with Crippen molar-refractivity contribution in [1.82, 2.24) is 0 Å². The first-order chi connectivity index (χ1) is 10.8. The molecule has 0 heterocycles. The van der Waals surface area contributed by atoms with E-state index in [4.69, 9.17) is 0 Å². The van der Waals surface area contributed by atoms with Gasteiger partial charge < -0.3 is 0 Å². The summed E-state index contributed by atoms with van der Waals surface area (Å²) in [6.45, 7) is 4.59. The molecule has 0 aliphatic carbocycles. The lowest BCUT2D eigenvalue weighted by Gasteiger charge is -2.17. The van der Waals surface area contributed by atoms with Crippen LogP contribution in [0.3, 0.4) is 0 Å². The fourth-order valence-corrected chi connectivity index (χ4v) is 3.22. The highest BCUT2D eigenvalue weighted by atomic mass is 14.2. The number of hydrogen-bond acceptors (Lipinski definition) is 0. The average molecular weight is 294 g/mol. The van der Waals surface area contributed by atoms with Crippen molar-refractivity contribution in [1.29, 1.82) is 0 Å². The van der Waals surface area contributed by atoms with Crippen molar-refractivity contribution in [3.63, 3.8) is 0 Å². The van der Waals surface area contributed by atoms with E-state index >= 15 is 0 Å². The van der Waals surface area contributed by atoms with Gasteiger partial charge >= 0.3 is 0 Å². The molecule has 0 aliphatic rings. The van der Waals surface area contributed by atoms with Crippen LogP contribution in [0.1, 0.15) is 70.3 Å². The van der Waals surface area contributed by atoms with E-state index in [2.05, 4.69) is 68.4 Å². The maximum absolute atomic E-state index is 2.35. The Balaban J connectivity index is 2.02. The van der Waals surface area contributed by atoms with Crippen molar-refractivity contribution in [2.24, 2.45) is 0 Å². The Morgan fingerprint density at radius 3 is 1.95 bits per heavy atom. The molecule has 0 nitrogen and oxygen atoms in total. The van der Waals surface area contributed by atoms with Gasteiger partial charge in [-0.05, 0) is 35.4 Å². The normalized spacial score (nSPS) is 12.3. The Bertz CT molecular complexity index is 509. The van der Waals surface area contributed by atoms with E-state index in [0.717, 1.165) is 5.92 Å². The summed E-state index contributed by atoms with van der Waals surface area (Å²) in [6, 6.07) is 19.9. The van der Waals surface area contributed by atoms with E-state index < -0.39 is 0 Å². The van der Waals surface area contributed by atoms with Crippen molar-refractivity contribution in [3.05, 3.63) is 60.2 Å². The fourth-order valence-electron chi connectivity index (χ4n) is 3.22. The molecule has 0 saturated heterocycles. The van der Waals surface area contributed by atoms with Crippen LogP contribution in [0, 0.1) is 0 Å². The summed E-state index contributed by atoms with van der Waals surface area (Å²) in [4.78, 5) is 0. The zero-order valence-electron chi connectivity index (χ0n) is 14.2. The van der Waals surface area contributed by atoms with Gasteiger partial charge in [0.25, 0.3) is 0 Å². The Labute approximate surface area is 136 Å². The molecule has 0 N–H and O–H groups in total. The highest BCUT2D eigenvalue weighted by Gasteiger charge is 2.10. The van der Waals surface area contributed by atoms with E-state index in [-0.39, 0.29) is 0 Å². The van der Waals surface area contributed by atoms with E-state index in [9.17, 15) is 0 Å². The molecule has 0 fully saturated rings. The maximum Gasteiger partial charge on any atom is -0.0162 e. The summed E-state index contributed by atoms with van der Waals surface area (Å²) in [5.74, 6) is 0.742. The van der Waals surface area contributed by atoms with E-state index in [1.165, 1.54) is 61.6 Å². The molecule has 0 amide bonds. The summed E-state index contributed by atoms with van der Waals surface area (Å²) >= 11 is 0. The third-order valence-corrected chi connectivity index (χ3v) is 4.53.